The molecule has 4 aromatic carbocycles. The van der Waals surface area contributed by atoms with Gasteiger partial charge >= 0.3 is 5.97 Å². The highest BCUT2D eigenvalue weighted by Gasteiger charge is 2.16. The Balaban J connectivity index is 1.99. The summed E-state index contributed by atoms with van der Waals surface area (Å²) in [5.41, 5.74) is 3.55. The van der Waals surface area contributed by atoms with Gasteiger partial charge in [-0.05, 0) is 65.4 Å². The standard InChI is InChI=1S/C24H19FO3/c1-13-4-5-16-11-22(28-3)21(12-20(16)14(13)2)19-9-6-15-10-17(24(26)27)7-8-18(15)23(19)25/h4-12H,1-3H3,(H,26,27). The first-order valence-corrected chi connectivity index (χ1v) is 8.94. The van der Waals surface area contributed by atoms with Crippen molar-refractivity contribution in [3.8, 4) is 16.9 Å². The predicted molar refractivity (Wildman–Crippen MR) is 110 cm³/mol. The second-order valence-corrected chi connectivity index (χ2v) is 6.95. The summed E-state index contributed by atoms with van der Waals surface area (Å²) in [6.45, 7) is 4.10. The number of methoxy groups -OCH3 is 1. The fourth-order valence-corrected chi connectivity index (χ4v) is 3.62. The second kappa shape index (κ2) is 6.64. The van der Waals surface area contributed by atoms with Crippen molar-refractivity contribution >= 4 is 27.5 Å². The van der Waals surface area contributed by atoms with Gasteiger partial charge in [-0.1, -0.05) is 30.3 Å². The minimum absolute atomic E-state index is 0.133. The van der Waals surface area contributed by atoms with Crippen LogP contribution >= 0.6 is 0 Å². The lowest BCUT2D eigenvalue weighted by molar-refractivity contribution is 0.0697. The summed E-state index contributed by atoms with van der Waals surface area (Å²) < 4.78 is 20.9. The molecule has 0 bridgehead atoms. The molecule has 4 aromatic rings. The Morgan fingerprint density at radius 2 is 1.61 bits per heavy atom. The van der Waals surface area contributed by atoms with Crippen molar-refractivity contribution < 1.29 is 19.0 Å². The van der Waals surface area contributed by atoms with Crippen molar-refractivity contribution in [1.82, 2.24) is 0 Å². The molecule has 0 saturated carbocycles. The molecule has 3 nitrogen and oxygen atoms in total. The SMILES string of the molecule is COc1cc2ccc(C)c(C)c2cc1-c1ccc2cc(C(=O)O)ccc2c1F. The fourth-order valence-electron chi connectivity index (χ4n) is 3.62. The summed E-state index contributed by atoms with van der Waals surface area (Å²) in [4.78, 5) is 11.2. The molecule has 140 valence electrons. The van der Waals surface area contributed by atoms with Crippen LogP contribution in [0, 0.1) is 19.7 Å². The second-order valence-electron chi connectivity index (χ2n) is 6.95. The Morgan fingerprint density at radius 1 is 0.893 bits per heavy atom. The molecule has 0 aliphatic heterocycles. The van der Waals surface area contributed by atoms with Crippen LogP contribution in [0.15, 0.2) is 54.6 Å². The van der Waals surface area contributed by atoms with Gasteiger partial charge in [0.15, 0.2) is 0 Å². The van der Waals surface area contributed by atoms with Gasteiger partial charge in [0.1, 0.15) is 11.6 Å². The van der Waals surface area contributed by atoms with Gasteiger partial charge in [0.2, 0.25) is 0 Å². The molecule has 0 aliphatic rings. The first-order chi connectivity index (χ1) is 13.4. The van der Waals surface area contributed by atoms with E-state index >= 15 is 4.39 Å². The number of aromatic carboxylic acids is 1. The van der Waals surface area contributed by atoms with Crippen LogP contribution in [0.2, 0.25) is 0 Å². The molecule has 0 saturated heterocycles. The van der Waals surface area contributed by atoms with Crippen molar-refractivity contribution in [3.05, 3.63) is 77.1 Å². The van der Waals surface area contributed by atoms with Crippen molar-refractivity contribution in [2.45, 2.75) is 13.8 Å². The first-order valence-electron chi connectivity index (χ1n) is 8.94. The van der Waals surface area contributed by atoms with E-state index in [1.165, 1.54) is 23.8 Å². The van der Waals surface area contributed by atoms with Gasteiger partial charge in [0.05, 0.1) is 12.7 Å². The maximum Gasteiger partial charge on any atom is 0.335 e. The van der Waals surface area contributed by atoms with Crippen LogP contribution in [0.3, 0.4) is 0 Å². The van der Waals surface area contributed by atoms with Gasteiger partial charge in [0, 0.05) is 16.5 Å². The van der Waals surface area contributed by atoms with E-state index in [1.807, 2.05) is 18.2 Å². The lowest BCUT2D eigenvalue weighted by atomic mass is 9.93. The van der Waals surface area contributed by atoms with Crippen molar-refractivity contribution in [2.75, 3.05) is 7.11 Å². The average Bonchev–Trinajstić information content (AvgIpc) is 2.70. The average molecular weight is 374 g/mol. The third-order valence-electron chi connectivity index (χ3n) is 5.37. The number of fused-ring (bicyclic) bond motifs is 2. The molecule has 0 aromatic heterocycles. The van der Waals surface area contributed by atoms with Crippen LogP contribution in [-0.4, -0.2) is 18.2 Å². The highest BCUT2D eigenvalue weighted by Crippen LogP contribution is 2.39. The zero-order chi connectivity index (χ0) is 20.0. The summed E-state index contributed by atoms with van der Waals surface area (Å²) in [5.74, 6) is -0.831. The van der Waals surface area contributed by atoms with Crippen LogP contribution in [0.25, 0.3) is 32.7 Å². The Labute approximate surface area is 162 Å². The molecule has 0 spiro atoms. The number of halogens is 1. The number of benzene rings is 4. The van der Waals surface area contributed by atoms with Gasteiger partial charge in [-0.2, -0.15) is 0 Å². The number of carbonyl (C=O) groups is 1. The van der Waals surface area contributed by atoms with E-state index in [2.05, 4.69) is 19.9 Å². The van der Waals surface area contributed by atoms with Crippen LogP contribution in [0.5, 0.6) is 5.75 Å². The number of aryl methyl sites for hydroxylation is 2. The molecule has 28 heavy (non-hydrogen) atoms. The monoisotopic (exact) mass is 374 g/mol. The number of rotatable bonds is 3. The van der Waals surface area contributed by atoms with Gasteiger partial charge in [-0.25, -0.2) is 9.18 Å². The topological polar surface area (TPSA) is 46.5 Å². The van der Waals surface area contributed by atoms with E-state index in [0.29, 0.717) is 27.6 Å². The molecule has 1 N–H and O–H groups in total. The third kappa shape index (κ3) is 2.78. The summed E-state index contributed by atoms with van der Waals surface area (Å²) in [7, 11) is 1.57. The van der Waals surface area contributed by atoms with Gasteiger partial charge in [-0.3, -0.25) is 0 Å². The summed E-state index contributed by atoms with van der Waals surface area (Å²) in [5, 5.41) is 12.2. The van der Waals surface area contributed by atoms with E-state index in [0.717, 1.165) is 16.3 Å². The first kappa shape index (κ1) is 18.0. The Bertz CT molecular complexity index is 1260. The van der Waals surface area contributed by atoms with Gasteiger partial charge in [-0.15, -0.1) is 0 Å². The zero-order valence-electron chi connectivity index (χ0n) is 15.8. The van der Waals surface area contributed by atoms with Gasteiger partial charge in [0.25, 0.3) is 0 Å². The van der Waals surface area contributed by atoms with Gasteiger partial charge < -0.3 is 9.84 Å². The Morgan fingerprint density at radius 3 is 2.32 bits per heavy atom. The quantitative estimate of drug-likeness (QED) is 0.470. The van der Waals surface area contributed by atoms with E-state index in [1.54, 1.807) is 19.2 Å². The Kier molecular flexibility index (Phi) is 4.27. The highest BCUT2D eigenvalue weighted by molar-refractivity contribution is 5.98. The van der Waals surface area contributed by atoms with E-state index in [9.17, 15) is 4.79 Å². The molecular formula is C24H19FO3. The Hall–Kier alpha value is -3.40. The lowest BCUT2D eigenvalue weighted by Gasteiger charge is -2.15. The molecule has 0 fully saturated rings. The molecule has 0 unspecified atom stereocenters. The molecule has 4 heteroatoms. The fraction of sp³-hybridized carbons (Fsp3) is 0.125. The number of hydrogen-bond donors (Lipinski definition) is 1. The number of ether oxygens (including phenoxy) is 1. The van der Waals surface area contributed by atoms with E-state index < -0.39 is 11.8 Å². The zero-order valence-corrected chi connectivity index (χ0v) is 15.8. The van der Waals surface area contributed by atoms with E-state index in [-0.39, 0.29) is 5.56 Å². The molecule has 0 heterocycles. The van der Waals surface area contributed by atoms with Crippen molar-refractivity contribution in [3.63, 3.8) is 0 Å². The lowest BCUT2D eigenvalue weighted by Crippen LogP contribution is -1.97. The summed E-state index contributed by atoms with van der Waals surface area (Å²) >= 11 is 0. The van der Waals surface area contributed by atoms with Crippen molar-refractivity contribution in [2.24, 2.45) is 0 Å². The molecule has 0 atom stereocenters. The maximum atomic E-state index is 15.4. The number of hydrogen-bond acceptors (Lipinski definition) is 2. The normalized spacial score (nSPS) is 11.1. The molecule has 0 radical (unpaired) electrons. The van der Waals surface area contributed by atoms with Crippen LogP contribution in [0.4, 0.5) is 4.39 Å². The minimum Gasteiger partial charge on any atom is -0.496 e. The smallest absolute Gasteiger partial charge is 0.335 e. The highest BCUT2D eigenvalue weighted by atomic mass is 19.1. The van der Waals surface area contributed by atoms with E-state index in [4.69, 9.17) is 9.84 Å². The van der Waals surface area contributed by atoms with Crippen LogP contribution in [-0.2, 0) is 0 Å². The number of carboxylic acid groups (broad SMARTS) is 1. The molecule has 4 rings (SSSR count). The maximum absolute atomic E-state index is 15.4. The van der Waals surface area contributed by atoms with Crippen LogP contribution in [0.1, 0.15) is 21.5 Å². The third-order valence-corrected chi connectivity index (χ3v) is 5.37. The summed E-state index contributed by atoms with van der Waals surface area (Å²) in [6, 6.07) is 15.8. The van der Waals surface area contributed by atoms with Crippen molar-refractivity contribution in [1.29, 1.82) is 0 Å². The predicted octanol–water partition coefficient (Wildman–Crippen LogP) is 6.12. The minimum atomic E-state index is -1.03. The van der Waals surface area contributed by atoms with Crippen LogP contribution < -0.4 is 4.74 Å². The molecule has 0 amide bonds. The largest absolute Gasteiger partial charge is 0.496 e. The summed E-state index contributed by atoms with van der Waals surface area (Å²) in [6.07, 6.45) is 0. The number of carboxylic acids is 1. The molecule has 0 aliphatic carbocycles. The molecular weight excluding hydrogens is 355 g/mol.